The van der Waals surface area contributed by atoms with E-state index in [1.807, 2.05) is 32.2 Å². The van der Waals surface area contributed by atoms with Crippen molar-refractivity contribution in [2.75, 3.05) is 20.1 Å². The first-order chi connectivity index (χ1) is 10.1. The zero-order valence-electron chi connectivity index (χ0n) is 12.8. The molecule has 0 atom stereocenters. The van der Waals surface area contributed by atoms with Gasteiger partial charge < -0.3 is 10.2 Å². The Morgan fingerprint density at radius 2 is 2.05 bits per heavy atom. The van der Waals surface area contributed by atoms with Crippen molar-refractivity contribution in [1.82, 2.24) is 20.0 Å². The first kappa shape index (κ1) is 15.3. The first-order valence-corrected chi connectivity index (χ1v) is 7.07. The largest absolute Gasteiger partial charge is 0.349 e. The van der Waals surface area contributed by atoms with Gasteiger partial charge in [0.25, 0.3) is 5.91 Å². The van der Waals surface area contributed by atoms with Crippen molar-refractivity contribution in [3.63, 3.8) is 0 Å². The number of likely N-dealkylation sites (N-methyl/N-ethyl adjacent to an activating group) is 1. The van der Waals surface area contributed by atoms with Crippen LogP contribution in [0.1, 0.15) is 21.7 Å². The topological polar surface area (TPSA) is 50.2 Å². The summed E-state index contributed by atoms with van der Waals surface area (Å²) in [6.45, 7) is 4.18. The van der Waals surface area contributed by atoms with E-state index in [4.69, 9.17) is 0 Å². The molecule has 1 heterocycles. The Bertz CT molecular complexity index is 592. The van der Waals surface area contributed by atoms with Crippen molar-refractivity contribution >= 4 is 5.91 Å². The predicted octanol–water partition coefficient (Wildman–Crippen LogP) is 1.59. The highest BCUT2D eigenvalue weighted by atomic mass is 16.2. The standard InChI is InChI=1S/C16H22N4O/c1-13-11-15(20(3)18-13)16(21)17-9-10-19(2)12-14-7-5-4-6-8-14/h4-8,11H,9-10,12H2,1-3H3,(H,17,21). The second-order valence-corrected chi connectivity index (χ2v) is 5.27. The third kappa shape index (κ3) is 4.43. The first-order valence-electron chi connectivity index (χ1n) is 7.07. The van der Waals surface area contributed by atoms with Gasteiger partial charge in [0.05, 0.1) is 5.69 Å². The molecule has 0 spiro atoms. The Kier molecular flexibility index (Phi) is 5.11. The number of rotatable bonds is 6. The molecule has 0 aliphatic heterocycles. The molecule has 1 amide bonds. The summed E-state index contributed by atoms with van der Waals surface area (Å²) < 4.78 is 1.61. The van der Waals surface area contributed by atoms with E-state index in [0.29, 0.717) is 12.2 Å². The minimum atomic E-state index is -0.0776. The fourth-order valence-electron chi connectivity index (χ4n) is 2.25. The van der Waals surface area contributed by atoms with E-state index in [1.54, 1.807) is 17.8 Å². The molecule has 0 unspecified atom stereocenters. The molecule has 0 saturated carbocycles. The highest BCUT2D eigenvalue weighted by Gasteiger charge is 2.11. The molecule has 21 heavy (non-hydrogen) atoms. The number of amides is 1. The number of nitrogens with zero attached hydrogens (tertiary/aromatic N) is 3. The average Bonchev–Trinajstić information content (AvgIpc) is 2.79. The molecule has 0 aliphatic rings. The molecule has 0 aliphatic carbocycles. The SMILES string of the molecule is Cc1cc(C(=O)NCCN(C)Cc2ccccc2)n(C)n1. The van der Waals surface area contributed by atoms with E-state index in [2.05, 4.69) is 27.4 Å². The van der Waals surface area contributed by atoms with E-state index in [9.17, 15) is 4.79 Å². The normalized spacial score (nSPS) is 10.9. The van der Waals surface area contributed by atoms with Gasteiger partial charge in [-0.05, 0) is 25.6 Å². The van der Waals surface area contributed by atoms with Gasteiger partial charge in [0.1, 0.15) is 5.69 Å². The van der Waals surface area contributed by atoms with Gasteiger partial charge in [-0.15, -0.1) is 0 Å². The number of benzene rings is 1. The second-order valence-electron chi connectivity index (χ2n) is 5.27. The number of carbonyl (C=O) groups excluding carboxylic acids is 1. The predicted molar refractivity (Wildman–Crippen MR) is 83.1 cm³/mol. The van der Waals surface area contributed by atoms with Crippen LogP contribution in [-0.2, 0) is 13.6 Å². The summed E-state index contributed by atoms with van der Waals surface area (Å²) >= 11 is 0. The van der Waals surface area contributed by atoms with Gasteiger partial charge >= 0.3 is 0 Å². The van der Waals surface area contributed by atoms with Gasteiger partial charge in [-0.1, -0.05) is 30.3 Å². The van der Waals surface area contributed by atoms with E-state index >= 15 is 0 Å². The van der Waals surface area contributed by atoms with Crippen LogP contribution >= 0.6 is 0 Å². The van der Waals surface area contributed by atoms with Crippen LogP contribution in [0.3, 0.4) is 0 Å². The fraction of sp³-hybridized carbons (Fsp3) is 0.375. The highest BCUT2D eigenvalue weighted by Crippen LogP contribution is 2.03. The van der Waals surface area contributed by atoms with E-state index in [0.717, 1.165) is 18.8 Å². The lowest BCUT2D eigenvalue weighted by Gasteiger charge is -2.17. The molecule has 0 fully saturated rings. The Balaban J connectivity index is 1.76. The molecular weight excluding hydrogens is 264 g/mol. The molecule has 1 aromatic heterocycles. The molecule has 1 N–H and O–H groups in total. The van der Waals surface area contributed by atoms with Crippen molar-refractivity contribution in [3.05, 3.63) is 53.3 Å². The van der Waals surface area contributed by atoms with Crippen molar-refractivity contribution in [1.29, 1.82) is 0 Å². The smallest absolute Gasteiger partial charge is 0.269 e. The van der Waals surface area contributed by atoms with Crippen LogP contribution in [0.15, 0.2) is 36.4 Å². The summed E-state index contributed by atoms with van der Waals surface area (Å²) in [4.78, 5) is 14.2. The Morgan fingerprint density at radius 3 is 2.67 bits per heavy atom. The van der Waals surface area contributed by atoms with Gasteiger partial charge in [-0.3, -0.25) is 9.48 Å². The number of aromatic nitrogens is 2. The minimum absolute atomic E-state index is 0.0776. The van der Waals surface area contributed by atoms with E-state index in [-0.39, 0.29) is 5.91 Å². The Morgan fingerprint density at radius 1 is 1.33 bits per heavy atom. The van der Waals surface area contributed by atoms with Crippen LogP contribution in [0.5, 0.6) is 0 Å². The maximum absolute atomic E-state index is 12.0. The van der Waals surface area contributed by atoms with Crippen LogP contribution < -0.4 is 5.32 Å². The van der Waals surface area contributed by atoms with Gasteiger partial charge in [0, 0.05) is 26.7 Å². The van der Waals surface area contributed by atoms with E-state index in [1.165, 1.54) is 5.56 Å². The summed E-state index contributed by atoms with van der Waals surface area (Å²) in [5.74, 6) is -0.0776. The van der Waals surface area contributed by atoms with Crippen molar-refractivity contribution < 1.29 is 4.79 Å². The number of aryl methyl sites for hydroxylation is 2. The molecular formula is C16H22N4O. The zero-order chi connectivity index (χ0) is 15.2. The fourth-order valence-corrected chi connectivity index (χ4v) is 2.25. The van der Waals surface area contributed by atoms with Crippen LogP contribution in [-0.4, -0.2) is 40.7 Å². The van der Waals surface area contributed by atoms with Gasteiger partial charge in [-0.2, -0.15) is 5.10 Å². The van der Waals surface area contributed by atoms with Gasteiger partial charge in [-0.25, -0.2) is 0 Å². The number of nitrogens with one attached hydrogen (secondary N) is 1. The summed E-state index contributed by atoms with van der Waals surface area (Å²) in [7, 11) is 3.83. The molecule has 2 aromatic rings. The summed E-state index contributed by atoms with van der Waals surface area (Å²) in [5, 5.41) is 7.10. The lowest BCUT2D eigenvalue weighted by atomic mass is 10.2. The Hall–Kier alpha value is -2.14. The van der Waals surface area contributed by atoms with Gasteiger partial charge in [0.15, 0.2) is 0 Å². The number of hydrogen-bond donors (Lipinski definition) is 1. The van der Waals surface area contributed by atoms with Gasteiger partial charge in [0.2, 0.25) is 0 Å². The summed E-state index contributed by atoms with van der Waals surface area (Å²) in [6, 6.07) is 12.1. The third-order valence-electron chi connectivity index (χ3n) is 3.31. The zero-order valence-corrected chi connectivity index (χ0v) is 12.8. The molecule has 0 bridgehead atoms. The molecule has 5 heteroatoms. The maximum Gasteiger partial charge on any atom is 0.269 e. The second kappa shape index (κ2) is 7.04. The molecule has 1 aromatic carbocycles. The molecule has 0 saturated heterocycles. The lowest BCUT2D eigenvalue weighted by Crippen LogP contribution is -2.33. The van der Waals surface area contributed by atoms with Crippen molar-refractivity contribution in [2.24, 2.45) is 7.05 Å². The quantitative estimate of drug-likeness (QED) is 0.877. The number of carbonyl (C=O) groups is 1. The average molecular weight is 286 g/mol. The summed E-state index contributed by atoms with van der Waals surface area (Å²) in [6.07, 6.45) is 0. The minimum Gasteiger partial charge on any atom is -0.349 e. The molecule has 112 valence electrons. The molecule has 5 nitrogen and oxygen atoms in total. The molecule has 2 rings (SSSR count). The molecule has 0 radical (unpaired) electrons. The summed E-state index contributed by atoms with van der Waals surface area (Å²) in [5.41, 5.74) is 2.72. The van der Waals surface area contributed by atoms with Crippen LogP contribution in [0.4, 0.5) is 0 Å². The number of hydrogen-bond acceptors (Lipinski definition) is 3. The third-order valence-corrected chi connectivity index (χ3v) is 3.31. The van der Waals surface area contributed by atoms with Crippen molar-refractivity contribution in [2.45, 2.75) is 13.5 Å². The van der Waals surface area contributed by atoms with Crippen LogP contribution in [0, 0.1) is 6.92 Å². The van der Waals surface area contributed by atoms with E-state index < -0.39 is 0 Å². The van der Waals surface area contributed by atoms with Crippen LogP contribution in [0.2, 0.25) is 0 Å². The highest BCUT2D eigenvalue weighted by molar-refractivity contribution is 5.92. The van der Waals surface area contributed by atoms with Crippen molar-refractivity contribution in [3.8, 4) is 0 Å². The van der Waals surface area contributed by atoms with Crippen LogP contribution in [0.25, 0.3) is 0 Å². The monoisotopic (exact) mass is 286 g/mol. The Labute approximate surface area is 125 Å². The maximum atomic E-state index is 12.0. The lowest BCUT2D eigenvalue weighted by molar-refractivity contribution is 0.0940.